The lowest BCUT2D eigenvalue weighted by Crippen LogP contribution is -2.35. The maximum Gasteiger partial charge on any atom is 0.226 e. The van der Waals surface area contributed by atoms with Gasteiger partial charge in [0.25, 0.3) is 0 Å². The lowest BCUT2D eigenvalue weighted by atomic mass is 10.1. The number of carbonyl (C=O) groups is 2. The van der Waals surface area contributed by atoms with Gasteiger partial charge in [0.05, 0.1) is 10.6 Å². The molecule has 1 atom stereocenters. The average Bonchev–Trinajstić information content (AvgIpc) is 3.03. The molecule has 6 nitrogen and oxygen atoms in total. The molecule has 0 fully saturated rings. The number of anilines is 2. The molecule has 0 aliphatic carbocycles. The lowest BCUT2D eigenvalue weighted by Gasteiger charge is -2.22. The molecule has 1 heterocycles. The molecule has 0 aromatic heterocycles. The Morgan fingerprint density at radius 1 is 1.20 bits per heavy atom. The number of halogens is 1. The van der Waals surface area contributed by atoms with Crippen molar-refractivity contribution >= 4 is 33.0 Å². The van der Waals surface area contributed by atoms with E-state index in [1.807, 2.05) is 6.92 Å². The summed E-state index contributed by atoms with van der Waals surface area (Å²) < 4.78 is 39.0. The van der Waals surface area contributed by atoms with Crippen LogP contribution in [-0.4, -0.2) is 32.0 Å². The van der Waals surface area contributed by atoms with Crippen molar-refractivity contribution in [3.63, 3.8) is 0 Å². The largest absolute Gasteiger partial charge is 0.326 e. The highest BCUT2D eigenvalue weighted by atomic mass is 32.2. The fourth-order valence-electron chi connectivity index (χ4n) is 3.59. The first-order valence-electron chi connectivity index (χ1n) is 9.86. The second-order valence-corrected chi connectivity index (χ2v) is 9.65. The van der Waals surface area contributed by atoms with E-state index in [0.29, 0.717) is 18.4 Å². The SMILES string of the molecule is CCC(=O)N1c2ccc(S(=O)(=O)CCC(=O)Nc3ccc(C)c(F)c3)cc2CC1C. The van der Waals surface area contributed by atoms with Gasteiger partial charge in [-0.15, -0.1) is 0 Å². The molecule has 2 amide bonds. The van der Waals surface area contributed by atoms with E-state index in [-0.39, 0.29) is 34.7 Å². The molecule has 0 saturated carbocycles. The average molecular weight is 433 g/mol. The van der Waals surface area contributed by atoms with Crippen LogP contribution in [0.25, 0.3) is 0 Å². The van der Waals surface area contributed by atoms with Crippen LogP contribution in [0.5, 0.6) is 0 Å². The topological polar surface area (TPSA) is 83.6 Å². The van der Waals surface area contributed by atoms with Crippen LogP contribution in [0, 0.1) is 12.7 Å². The molecule has 1 aliphatic rings. The molecule has 2 aromatic carbocycles. The van der Waals surface area contributed by atoms with Crippen LogP contribution in [0.1, 0.15) is 37.8 Å². The zero-order valence-electron chi connectivity index (χ0n) is 17.2. The summed E-state index contributed by atoms with van der Waals surface area (Å²) in [5.74, 6) is -1.31. The summed E-state index contributed by atoms with van der Waals surface area (Å²) in [7, 11) is -3.68. The van der Waals surface area contributed by atoms with E-state index in [1.165, 1.54) is 12.1 Å². The minimum atomic E-state index is -3.68. The zero-order valence-corrected chi connectivity index (χ0v) is 18.1. The van der Waals surface area contributed by atoms with Gasteiger partial charge >= 0.3 is 0 Å². The van der Waals surface area contributed by atoms with Crippen LogP contribution >= 0.6 is 0 Å². The van der Waals surface area contributed by atoms with Crippen molar-refractivity contribution in [3.05, 3.63) is 53.3 Å². The fourth-order valence-corrected chi connectivity index (χ4v) is 4.88. The number of nitrogens with zero attached hydrogens (tertiary/aromatic N) is 1. The third-order valence-corrected chi connectivity index (χ3v) is 6.96. The molecular weight excluding hydrogens is 407 g/mol. The number of fused-ring (bicyclic) bond motifs is 1. The van der Waals surface area contributed by atoms with E-state index in [2.05, 4.69) is 5.32 Å². The summed E-state index contributed by atoms with van der Waals surface area (Å²) in [6.45, 7) is 5.34. The van der Waals surface area contributed by atoms with E-state index >= 15 is 0 Å². The maximum atomic E-state index is 13.6. The first-order valence-corrected chi connectivity index (χ1v) is 11.5. The number of benzene rings is 2. The zero-order chi connectivity index (χ0) is 22.1. The van der Waals surface area contributed by atoms with Crippen molar-refractivity contribution in [2.75, 3.05) is 16.0 Å². The Bertz CT molecular complexity index is 1100. The Labute approximate surface area is 176 Å². The molecule has 2 aromatic rings. The van der Waals surface area contributed by atoms with Gasteiger partial charge in [0.15, 0.2) is 9.84 Å². The van der Waals surface area contributed by atoms with E-state index in [1.54, 1.807) is 43.0 Å². The molecule has 3 rings (SSSR count). The van der Waals surface area contributed by atoms with Gasteiger partial charge in [0, 0.05) is 30.3 Å². The van der Waals surface area contributed by atoms with Crippen molar-refractivity contribution in [2.24, 2.45) is 0 Å². The molecule has 1 N–H and O–H groups in total. The van der Waals surface area contributed by atoms with Gasteiger partial charge < -0.3 is 10.2 Å². The highest BCUT2D eigenvalue weighted by Gasteiger charge is 2.31. The van der Waals surface area contributed by atoms with Gasteiger partial charge in [0.1, 0.15) is 5.82 Å². The van der Waals surface area contributed by atoms with Gasteiger partial charge in [-0.1, -0.05) is 13.0 Å². The normalized spacial score (nSPS) is 15.7. The molecule has 8 heteroatoms. The van der Waals surface area contributed by atoms with Crippen LogP contribution < -0.4 is 10.2 Å². The summed E-state index contributed by atoms with van der Waals surface area (Å²) in [4.78, 5) is 26.1. The summed E-state index contributed by atoms with van der Waals surface area (Å²) >= 11 is 0. The quantitative estimate of drug-likeness (QED) is 0.756. The van der Waals surface area contributed by atoms with Crippen LogP contribution in [-0.2, 0) is 25.8 Å². The molecule has 0 saturated heterocycles. The van der Waals surface area contributed by atoms with Gasteiger partial charge in [-0.2, -0.15) is 0 Å². The van der Waals surface area contributed by atoms with Crippen molar-refractivity contribution in [2.45, 2.75) is 51.0 Å². The standard InChI is InChI=1S/C22H25FN2O4S/c1-4-22(27)25-15(3)11-16-12-18(7-8-20(16)25)30(28,29)10-9-21(26)24-17-6-5-14(2)19(23)13-17/h5-8,12-13,15H,4,9-11H2,1-3H3,(H,24,26). The Kier molecular flexibility index (Phi) is 6.26. The Balaban J connectivity index is 1.69. The first-order chi connectivity index (χ1) is 14.1. The van der Waals surface area contributed by atoms with E-state index in [0.717, 1.165) is 11.3 Å². The molecule has 0 bridgehead atoms. The summed E-state index contributed by atoms with van der Waals surface area (Å²) in [6, 6.07) is 9.02. The predicted octanol–water partition coefficient (Wildman–Crippen LogP) is 3.62. The summed E-state index contributed by atoms with van der Waals surface area (Å²) in [6.07, 6.45) is 0.722. The summed E-state index contributed by atoms with van der Waals surface area (Å²) in [5.41, 5.74) is 2.30. The van der Waals surface area contributed by atoms with Crippen LogP contribution in [0.4, 0.5) is 15.8 Å². The second-order valence-electron chi connectivity index (χ2n) is 7.54. The molecule has 0 radical (unpaired) electrons. The second kappa shape index (κ2) is 8.55. The van der Waals surface area contributed by atoms with E-state index in [4.69, 9.17) is 0 Å². The molecule has 0 spiro atoms. The number of hydrogen-bond acceptors (Lipinski definition) is 4. The highest BCUT2D eigenvalue weighted by Crippen LogP contribution is 2.34. The van der Waals surface area contributed by atoms with Crippen molar-refractivity contribution in [1.29, 1.82) is 0 Å². The minimum Gasteiger partial charge on any atom is -0.326 e. The van der Waals surface area contributed by atoms with Crippen LogP contribution in [0.3, 0.4) is 0 Å². The third-order valence-electron chi connectivity index (χ3n) is 5.25. The first kappa shape index (κ1) is 22.0. The predicted molar refractivity (Wildman–Crippen MR) is 114 cm³/mol. The van der Waals surface area contributed by atoms with Gasteiger partial charge in [-0.3, -0.25) is 9.59 Å². The van der Waals surface area contributed by atoms with Crippen molar-refractivity contribution in [3.8, 4) is 0 Å². The third kappa shape index (κ3) is 4.53. The molecule has 1 aliphatic heterocycles. The number of sulfone groups is 1. The van der Waals surface area contributed by atoms with Gasteiger partial charge in [-0.25, -0.2) is 12.8 Å². The number of amides is 2. The van der Waals surface area contributed by atoms with Crippen LogP contribution in [0.2, 0.25) is 0 Å². The molecule has 30 heavy (non-hydrogen) atoms. The minimum absolute atomic E-state index is 0.000991. The monoisotopic (exact) mass is 432 g/mol. The molecular formula is C22H25FN2O4S. The lowest BCUT2D eigenvalue weighted by molar-refractivity contribution is -0.118. The number of rotatable bonds is 6. The Hall–Kier alpha value is -2.74. The molecule has 1 unspecified atom stereocenters. The van der Waals surface area contributed by atoms with Crippen molar-refractivity contribution < 1.29 is 22.4 Å². The fraction of sp³-hybridized carbons (Fsp3) is 0.364. The maximum absolute atomic E-state index is 13.6. The Morgan fingerprint density at radius 3 is 2.60 bits per heavy atom. The number of hydrogen-bond donors (Lipinski definition) is 1. The Morgan fingerprint density at radius 2 is 1.93 bits per heavy atom. The summed E-state index contributed by atoms with van der Waals surface area (Å²) in [5, 5.41) is 2.52. The van der Waals surface area contributed by atoms with E-state index in [9.17, 15) is 22.4 Å². The number of carbonyl (C=O) groups excluding carboxylic acids is 2. The number of aryl methyl sites for hydroxylation is 1. The van der Waals surface area contributed by atoms with Gasteiger partial charge in [0.2, 0.25) is 11.8 Å². The highest BCUT2D eigenvalue weighted by molar-refractivity contribution is 7.91. The smallest absolute Gasteiger partial charge is 0.226 e. The van der Waals surface area contributed by atoms with Crippen LogP contribution in [0.15, 0.2) is 41.3 Å². The number of nitrogens with one attached hydrogen (secondary N) is 1. The van der Waals surface area contributed by atoms with Crippen molar-refractivity contribution in [1.82, 2.24) is 0 Å². The van der Waals surface area contributed by atoms with E-state index < -0.39 is 21.6 Å². The molecule has 160 valence electrons. The van der Waals surface area contributed by atoms with Gasteiger partial charge in [-0.05, 0) is 61.7 Å².